The van der Waals surface area contributed by atoms with E-state index in [-0.39, 0.29) is 12.7 Å². The summed E-state index contributed by atoms with van der Waals surface area (Å²) in [7, 11) is 3.24. The standard InChI is InChI=1S/C11H16O3/c1-13-10-5-3-4-9(6-10)7-11(8-12)14-2/h3-6,11-12H,7-8H2,1-2H3. The van der Waals surface area contributed by atoms with Gasteiger partial charge in [0.25, 0.3) is 0 Å². The molecule has 0 heterocycles. The number of ether oxygens (including phenoxy) is 2. The third kappa shape index (κ3) is 3.01. The van der Waals surface area contributed by atoms with E-state index in [2.05, 4.69) is 0 Å². The molecule has 0 aliphatic heterocycles. The maximum atomic E-state index is 8.96. The lowest BCUT2D eigenvalue weighted by atomic mass is 10.1. The first-order valence-electron chi connectivity index (χ1n) is 4.56. The van der Waals surface area contributed by atoms with Gasteiger partial charge in [-0.1, -0.05) is 12.1 Å². The summed E-state index contributed by atoms with van der Waals surface area (Å²) in [6, 6.07) is 7.76. The molecule has 14 heavy (non-hydrogen) atoms. The van der Waals surface area contributed by atoms with E-state index in [4.69, 9.17) is 14.6 Å². The summed E-state index contributed by atoms with van der Waals surface area (Å²) in [5, 5.41) is 8.96. The molecule has 1 atom stereocenters. The van der Waals surface area contributed by atoms with Crippen LogP contribution in [0.1, 0.15) is 5.56 Å². The van der Waals surface area contributed by atoms with Gasteiger partial charge in [-0.05, 0) is 17.7 Å². The third-order valence-corrected chi connectivity index (χ3v) is 2.13. The van der Waals surface area contributed by atoms with E-state index < -0.39 is 0 Å². The number of hydrogen-bond donors (Lipinski definition) is 1. The quantitative estimate of drug-likeness (QED) is 0.770. The van der Waals surface area contributed by atoms with Gasteiger partial charge in [0.05, 0.1) is 19.8 Å². The molecule has 1 aromatic carbocycles. The molecule has 0 aliphatic rings. The van der Waals surface area contributed by atoms with Crippen molar-refractivity contribution in [3.8, 4) is 5.75 Å². The Balaban J connectivity index is 2.65. The van der Waals surface area contributed by atoms with Crippen molar-refractivity contribution in [2.45, 2.75) is 12.5 Å². The largest absolute Gasteiger partial charge is 0.497 e. The van der Waals surface area contributed by atoms with E-state index in [9.17, 15) is 0 Å². The lowest BCUT2D eigenvalue weighted by Gasteiger charge is -2.12. The maximum absolute atomic E-state index is 8.96. The lowest BCUT2D eigenvalue weighted by molar-refractivity contribution is 0.0494. The first-order valence-corrected chi connectivity index (χ1v) is 4.56. The van der Waals surface area contributed by atoms with Crippen LogP contribution < -0.4 is 4.74 Å². The molecule has 0 saturated heterocycles. The summed E-state index contributed by atoms with van der Waals surface area (Å²) in [6.07, 6.45) is 0.562. The predicted octanol–water partition coefficient (Wildman–Crippen LogP) is 1.24. The zero-order chi connectivity index (χ0) is 10.4. The maximum Gasteiger partial charge on any atom is 0.119 e. The number of aliphatic hydroxyl groups excluding tert-OH is 1. The van der Waals surface area contributed by atoms with Gasteiger partial charge in [0, 0.05) is 13.5 Å². The van der Waals surface area contributed by atoms with Gasteiger partial charge in [-0.15, -0.1) is 0 Å². The smallest absolute Gasteiger partial charge is 0.119 e. The van der Waals surface area contributed by atoms with Crippen molar-refractivity contribution in [3.63, 3.8) is 0 Å². The molecule has 0 spiro atoms. The molecule has 0 amide bonds. The molecular weight excluding hydrogens is 180 g/mol. The van der Waals surface area contributed by atoms with E-state index in [0.717, 1.165) is 11.3 Å². The van der Waals surface area contributed by atoms with Crippen molar-refractivity contribution in [1.29, 1.82) is 0 Å². The highest BCUT2D eigenvalue weighted by Crippen LogP contribution is 2.14. The van der Waals surface area contributed by atoms with Gasteiger partial charge in [0.1, 0.15) is 5.75 Å². The summed E-state index contributed by atoms with van der Waals surface area (Å²) in [5.74, 6) is 0.829. The first-order chi connectivity index (χ1) is 6.80. The summed E-state index contributed by atoms with van der Waals surface area (Å²) < 4.78 is 10.2. The van der Waals surface area contributed by atoms with Crippen LogP contribution in [0.2, 0.25) is 0 Å². The second kappa shape index (κ2) is 5.62. The highest BCUT2D eigenvalue weighted by Gasteiger charge is 2.06. The van der Waals surface area contributed by atoms with Crippen LogP contribution in [0, 0.1) is 0 Å². The number of benzene rings is 1. The Labute approximate surface area is 84.3 Å². The summed E-state index contributed by atoms with van der Waals surface area (Å²) in [6.45, 7) is 0.0354. The molecule has 0 aromatic heterocycles. The van der Waals surface area contributed by atoms with Crippen LogP contribution in [0.25, 0.3) is 0 Å². The molecule has 1 rings (SSSR count). The fraction of sp³-hybridized carbons (Fsp3) is 0.455. The van der Waals surface area contributed by atoms with Crippen LogP contribution in [-0.4, -0.2) is 32.0 Å². The van der Waals surface area contributed by atoms with E-state index >= 15 is 0 Å². The van der Waals surface area contributed by atoms with Crippen LogP contribution in [0.3, 0.4) is 0 Å². The molecule has 0 saturated carbocycles. The number of hydrogen-bond acceptors (Lipinski definition) is 3. The van der Waals surface area contributed by atoms with Crippen LogP contribution in [0.15, 0.2) is 24.3 Å². The van der Waals surface area contributed by atoms with Gasteiger partial charge >= 0.3 is 0 Å². The Morgan fingerprint density at radius 3 is 2.71 bits per heavy atom. The number of rotatable bonds is 5. The lowest BCUT2D eigenvalue weighted by Crippen LogP contribution is -2.18. The Hall–Kier alpha value is -1.06. The normalized spacial score (nSPS) is 12.5. The molecule has 0 radical (unpaired) electrons. The van der Waals surface area contributed by atoms with Gasteiger partial charge in [-0.2, -0.15) is 0 Å². The van der Waals surface area contributed by atoms with Gasteiger partial charge in [-0.25, -0.2) is 0 Å². The average Bonchev–Trinajstić information content (AvgIpc) is 2.26. The zero-order valence-corrected chi connectivity index (χ0v) is 8.56. The number of methoxy groups -OCH3 is 2. The van der Waals surface area contributed by atoms with E-state index in [1.165, 1.54) is 0 Å². The summed E-state index contributed by atoms with van der Waals surface area (Å²) in [4.78, 5) is 0. The summed E-state index contributed by atoms with van der Waals surface area (Å²) in [5.41, 5.74) is 1.10. The fourth-order valence-corrected chi connectivity index (χ4v) is 1.28. The van der Waals surface area contributed by atoms with E-state index in [1.807, 2.05) is 24.3 Å². The Kier molecular flexibility index (Phi) is 4.43. The van der Waals surface area contributed by atoms with Crippen LogP contribution in [0.5, 0.6) is 5.75 Å². The molecular formula is C11H16O3. The highest BCUT2D eigenvalue weighted by atomic mass is 16.5. The highest BCUT2D eigenvalue weighted by molar-refractivity contribution is 5.28. The van der Waals surface area contributed by atoms with Crippen LogP contribution in [-0.2, 0) is 11.2 Å². The predicted molar refractivity (Wildman–Crippen MR) is 54.6 cm³/mol. The monoisotopic (exact) mass is 196 g/mol. The van der Waals surface area contributed by atoms with Crippen molar-refractivity contribution in [1.82, 2.24) is 0 Å². The van der Waals surface area contributed by atoms with Gasteiger partial charge in [0.15, 0.2) is 0 Å². The molecule has 1 aromatic rings. The van der Waals surface area contributed by atoms with Crippen molar-refractivity contribution < 1.29 is 14.6 Å². The van der Waals surface area contributed by atoms with Crippen molar-refractivity contribution in [2.24, 2.45) is 0 Å². The second-order valence-corrected chi connectivity index (χ2v) is 3.10. The van der Waals surface area contributed by atoms with E-state index in [1.54, 1.807) is 14.2 Å². The van der Waals surface area contributed by atoms with E-state index in [0.29, 0.717) is 6.42 Å². The summed E-state index contributed by atoms with van der Waals surface area (Å²) >= 11 is 0. The van der Waals surface area contributed by atoms with Crippen LogP contribution >= 0.6 is 0 Å². The van der Waals surface area contributed by atoms with Crippen LogP contribution in [0.4, 0.5) is 0 Å². The molecule has 1 unspecified atom stereocenters. The van der Waals surface area contributed by atoms with Gasteiger partial charge < -0.3 is 14.6 Å². The minimum Gasteiger partial charge on any atom is -0.497 e. The number of aliphatic hydroxyl groups is 1. The Bertz CT molecular complexity index is 269. The van der Waals surface area contributed by atoms with Gasteiger partial charge in [-0.3, -0.25) is 0 Å². The molecule has 0 fully saturated rings. The third-order valence-electron chi connectivity index (χ3n) is 2.13. The molecule has 0 bridgehead atoms. The van der Waals surface area contributed by atoms with Crippen molar-refractivity contribution in [2.75, 3.05) is 20.8 Å². The minimum absolute atomic E-state index is 0.0354. The average molecular weight is 196 g/mol. The minimum atomic E-state index is -0.137. The topological polar surface area (TPSA) is 38.7 Å². The second-order valence-electron chi connectivity index (χ2n) is 3.10. The Morgan fingerprint density at radius 1 is 1.36 bits per heavy atom. The molecule has 3 nitrogen and oxygen atoms in total. The molecule has 1 N–H and O–H groups in total. The van der Waals surface area contributed by atoms with Gasteiger partial charge in [0.2, 0.25) is 0 Å². The first kappa shape index (κ1) is 11.0. The Morgan fingerprint density at radius 2 is 2.14 bits per heavy atom. The molecule has 0 aliphatic carbocycles. The zero-order valence-electron chi connectivity index (χ0n) is 8.56. The SMILES string of the molecule is COc1cccc(CC(CO)OC)c1. The molecule has 78 valence electrons. The molecule has 3 heteroatoms. The van der Waals surface area contributed by atoms with Crippen molar-refractivity contribution in [3.05, 3.63) is 29.8 Å². The van der Waals surface area contributed by atoms with Crippen molar-refractivity contribution >= 4 is 0 Å². The fourth-order valence-electron chi connectivity index (χ4n) is 1.28.